The van der Waals surface area contributed by atoms with Gasteiger partial charge in [-0.05, 0) is 56.2 Å². The van der Waals surface area contributed by atoms with Crippen molar-refractivity contribution in [3.8, 4) is 0 Å². The quantitative estimate of drug-likeness (QED) is 0.525. The lowest BCUT2D eigenvalue weighted by atomic mass is 10.0. The van der Waals surface area contributed by atoms with E-state index >= 15 is 0 Å². The number of anilines is 1. The molecule has 0 aliphatic carbocycles. The normalized spacial score (nSPS) is 11.3. The number of hydrogen-bond donors (Lipinski definition) is 1. The highest BCUT2D eigenvalue weighted by Gasteiger charge is 2.14. The summed E-state index contributed by atoms with van der Waals surface area (Å²) < 4.78 is 2.42. The minimum Gasteiger partial charge on any atom is -0.300 e. The first kappa shape index (κ1) is 18.7. The standard InChI is InChI=1S/C21H18ClN3O2S/c1-11-6-13(3)20-15(7-11)12(2)8-19(27)25(20)10-18(26)24-21-23-16-5-4-14(22)9-17(16)28-21/h4-9H,10H2,1-3H3,(H,23,24,26). The highest BCUT2D eigenvalue weighted by Crippen LogP contribution is 2.28. The van der Waals surface area contributed by atoms with Gasteiger partial charge in [-0.1, -0.05) is 34.6 Å². The van der Waals surface area contributed by atoms with Crippen molar-refractivity contribution >= 4 is 55.1 Å². The maximum atomic E-state index is 12.7. The fourth-order valence-corrected chi connectivity index (χ4v) is 4.64. The molecule has 0 aliphatic rings. The predicted molar refractivity (Wildman–Crippen MR) is 116 cm³/mol. The zero-order valence-electron chi connectivity index (χ0n) is 15.7. The largest absolute Gasteiger partial charge is 0.300 e. The lowest BCUT2D eigenvalue weighted by Gasteiger charge is -2.14. The van der Waals surface area contributed by atoms with Gasteiger partial charge in [-0.25, -0.2) is 4.98 Å². The van der Waals surface area contributed by atoms with Gasteiger partial charge in [0.15, 0.2) is 5.13 Å². The van der Waals surface area contributed by atoms with Crippen molar-refractivity contribution in [1.82, 2.24) is 9.55 Å². The Morgan fingerprint density at radius 3 is 2.71 bits per heavy atom. The number of fused-ring (bicyclic) bond motifs is 2. The van der Waals surface area contributed by atoms with E-state index in [-0.39, 0.29) is 18.0 Å². The number of halogens is 1. The molecule has 0 atom stereocenters. The monoisotopic (exact) mass is 411 g/mol. The average molecular weight is 412 g/mol. The lowest BCUT2D eigenvalue weighted by molar-refractivity contribution is -0.116. The molecule has 0 aliphatic heterocycles. The molecule has 1 N–H and O–H groups in total. The fraction of sp³-hybridized carbons (Fsp3) is 0.190. The third-order valence-corrected chi connectivity index (χ3v) is 5.81. The number of nitrogens with zero attached hydrogens (tertiary/aromatic N) is 2. The third-order valence-electron chi connectivity index (χ3n) is 4.64. The minimum absolute atomic E-state index is 0.0732. The van der Waals surface area contributed by atoms with Gasteiger partial charge in [0.05, 0.1) is 15.7 Å². The van der Waals surface area contributed by atoms with Gasteiger partial charge in [0.1, 0.15) is 6.54 Å². The molecule has 4 aromatic rings. The Balaban J connectivity index is 1.69. The van der Waals surface area contributed by atoms with Gasteiger partial charge < -0.3 is 5.32 Å². The Kier molecular flexibility index (Phi) is 4.69. The number of nitrogens with one attached hydrogen (secondary N) is 1. The number of amides is 1. The van der Waals surface area contributed by atoms with Crippen molar-refractivity contribution in [2.24, 2.45) is 0 Å². The van der Waals surface area contributed by atoms with Gasteiger partial charge in [0, 0.05) is 16.5 Å². The van der Waals surface area contributed by atoms with E-state index in [4.69, 9.17) is 11.6 Å². The van der Waals surface area contributed by atoms with Crippen molar-refractivity contribution in [2.75, 3.05) is 5.32 Å². The van der Waals surface area contributed by atoms with Gasteiger partial charge in [-0.2, -0.15) is 0 Å². The van der Waals surface area contributed by atoms with Crippen LogP contribution in [0.15, 0.2) is 41.2 Å². The Morgan fingerprint density at radius 2 is 1.93 bits per heavy atom. The zero-order valence-corrected chi connectivity index (χ0v) is 17.2. The number of rotatable bonds is 3. The molecule has 0 radical (unpaired) electrons. The lowest BCUT2D eigenvalue weighted by Crippen LogP contribution is -2.28. The molecule has 28 heavy (non-hydrogen) atoms. The van der Waals surface area contributed by atoms with Crippen LogP contribution in [0.1, 0.15) is 16.7 Å². The fourth-order valence-electron chi connectivity index (χ4n) is 3.48. The van der Waals surface area contributed by atoms with E-state index in [9.17, 15) is 9.59 Å². The SMILES string of the molecule is Cc1cc(C)c2c(c1)c(C)cc(=O)n2CC(=O)Nc1nc2ccc(Cl)cc2s1. The van der Waals surface area contributed by atoms with E-state index in [0.29, 0.717) is 10.2 Å². The molecule has 1 amide bonds. The van der Waals surface area contributed by atoms with Crippen molar-refractivity contribution in [2.45, 2.75) is 27.3 Å². The number of pyridine rings is 1. The summed E-state index contributed by atoms with van der Waals surface area (Å²) in [5, 5.41) is 4.90. The first-order chi connectivity index (χ1) is 13.3. The summed E-state index contributed by atoms with van der Waals surface area (Å²) in [6, 6.07) is 11.0. The average Bonchev–Trinajstić information content (AvgIpc) is 2.99. The molecular formula is C21H18ClN3O2S. The molecule has 0 spiro atoms. The summed E-state index contributed by atoms with van der Waals surface area (Å²) in [5.41, 5.74) is 4.37. The summed E-state index contributed by atoms with van der Waals surface area (Å²) in [7, 11) is 0. The van der Waals surface area contributed by atoms with E-state index in [1.54, 1.807) is 12.1 Å². The molecular weight excluding hydrogens is 394 g/mol. The van der Waals surface area contributed by atoms with Crippen LogP contribution in [0.3, 0.4) is 0 Å². The van der Waals surface area contributed by atoms with Crippen LogP contribution in [0.2, 0.25) is 5.02 Å². The summed E-state index contributed by atoms with van der Waals surface area (Å²) in [6.45, 7) is 5.82. The predicted octanol–water partition coefficient (Wildman–Crippen LogP) is 4.83. The Morgan fingerprint density at radius 1 is 1.14 bits per heavy atom. The van der Waals surface area contributed by atoms with E-state index in [1.165, 1.54) is 15.9 Å². The molecule has 2 aromatic heterocycles. The van der Waals surface area contributed by atoms with Crippen LogP contribution < -0.4 is 10.9 Å². The van der Waals surface area contributed by atoms with Crippen LogP contribution in [0.25, 0.3) is 21.1 Å². The second-order valence-corrected chi connectivity index (χ2v) is 8.38. The number of carbonyl (C=O) groups excluding carboxylic acids is 1. The van der Waals surface area contributed by atoms with Crippen LogP contribution in [-0.2, 0) is 11.3 Å². The summed E-state index contributed by atoms with van der Waals surface area (Å²) in [6.07, 6.45) is 0. The minimum atomic E-state index is -0.294. The molecule has 0 bridgehead atoms. The second kappa shape index (κ2) is 7.04. The highest BCUT2D eigenvalue weighted by atomic mass is 35.5. The van der Waals surface area contributed by atoms with Crippen LogP contribution in [-0.4, -0.2) is 15.5 Å². The van der Waals surface area contributed by atoms with Crippen LogP contribution in [0.5, 0.6) is 0 Å². The molecule has 2 heterocycles. The smallest absolute Gasteiger partial charge is 0.251 e. The van der Waals surface area contributed by atoms with E-state index in [0.717, 1.165) is 37.8 Å². The maximum Gasteiger partial charge on any atom is 0.251 e. The Labute approximate surface area is 170 Å². The number of aromatic nitrogens is 2. The van der Waals surface area contributed by atoms with Gasteiger partial charge >= 0.3 is 0 Å². The van der Waals surface area contributed by atoms with Crippen LogP contribution in [0.4, 0.5) is 5.13 Å². The van der Waals surface area contributed by atoms with Crippen molar-refractivity contribution in [3.05, 3.63) is 68.5 Å². The number of aryl methyl sites for hydroxylation is 3. The molecule has 4 rings (SSSR count). The van der Waals surface area contributed by atoms with E-state index < -0.39 is 0 Å². The molecule has 0 fully saturated rings. The molecule has 2 aromatic carbocycles. The maximum absolute atomic E-state index is 12.7. The zero-order chi connectivity index (χ0) is 20.0. The molecule has 142 valence electrons. The van der Waals surface area contributed by atoms with Crippen molar-refractivity contribution in [3.63, 3.8) is 0 Å². The number of hydrogen-bond acceptors (Lipinski definition) is 4. The van der Waals surface area contributed by atoms with E-state index in [1.807, 2.05) is 45.0 Å². The molecule has 0 saturated heterocycles. The van der Waals surface area contributed by atoms with Gasteiger partial charge in [-0.15, -0.1) is 0 Å². The van der Waals surface area contributed by atoms with Gasteiger partial charge in [0.2, 0.25) is 5.91 Å². The van der Waals surface area contributed by atoms with Crippen molar-refractivity contribution in [1.29, 1.82) is 0 Å². The van der Waals surface area contributed by atoms with E-state index in [2.05, 4.69) is 10.3 Å². The third kappa shape index (κ3) is 3.41. The van der Waals surface area contributed by atoms with Gasteiger partial charge in [0.25, 0.3) is 5.56 Å². The number of thiazole rings is 1. The topological polar surface area (TPSA) is 64.0 Å². The first-order valence-corrected chi connectivity index (χ1v) is 9.98. The van der Waals surface area contributed by atoms with Crippen LogP contribution >= 0.6 is 22.9 Å². The molecule has 0 unspecified atom stereocenters. The molecule has 5 nitrogen and oxygen atoms in total. The Bertz CT molecular complexity index is 1310. The first-order valence-electron chi connectivity index (χ1n) is 8.79. The molecule has 0 saturated carbocycles. The van der Waals surface area contributed by atoms with Gasteiger partial charge in [-0.3, -0.25) is 14.2 Å². The molecule has 7 heteroatoms. The summed E-state index contributed by atoms with van der Waals surface area (Å²) in [4.78, 5) is 29.7. The second-order valence-electron chi connectivity index (χ2n) is 6.91. The van der Waals surface area contributed by atoms with Crippen molar-refractivity contribution < 1.29 is 4.79 Å². The highest BCUT2D eigenvalue weighted by molar-refractivity contribution is 7.22. The summed E-state index contributed by atoms with van der Waals surface area (Å²) >= 11 is 7.36. The van der Waals surface area contributed by atoms with Crippen LogP contribution in [0, 0.1) is 20.8 Å². The summed E-state index contributed by atoms with van der Waals surface area (Å²) in [5.74, 6) is -0.294. The number of benzene rings is 2. The Hall–Kier alpha value is -2.70. The number of carbonyl (C=O) groups is 1.